The van der Waals surface area contributed by atoms with E-state index in [9.17, 15) is 8.42 Å². The smallest absolute Gasteiger partial charge is 0.208 e. The summed E-state index contributed by atoms with van der Waals surface area (Å²) in [4.78, 5) is 8.87. The highest BCUT2D eigenvalue weighted by Gasteiger charge is 2.28. The molecule has 0 aliphatic heterocycles. The highest BCUT2D eigenvalue weighted by atomic mass is 32.2. The lowest BCUT2D eigenvalue weighted by Gasteiger charge is -2.15. The van der Waals surface area contributed by atoms with E-state index >= 15 is 0 Å². The van der Waals surface area contributed by atoms with Gasteiger partial charge in [-0.3, -0.25) is 0 Å². The summed E-state index contributed by atoms with van der Waals surface area (Å²) in [6.07, 6.45) is 10.4. The number of hydrogen-bond donors (Lipinski definition) is 2. The lowest BCUT2D eigenvalue weighted by atomic mass is 10.1. The molecule has 2 fully saturated rings. The summed E-state index contributed by atoms with van der Waals surface area (Å²) in [6.45, 7) is 0.526. The third-order valence-electron chi connectivity index (χ3n) is 4.97. The minimum absolute atomic E-state index is 0.373. The second-order valence-corrected chi connectivity index (χ2v) is 8.89. The quantitative estimate of drug-likeness (QED) is 0.831. The van der Waals surface area contributed by atoms with Crippen molar-refractivity contribution in [3.05, 3.63) is 18.6 Å². The molecule has 0 saturated heterocycles. The van der Waals surface area contributed by atoms with Gasteiger partial charge in [-0.1, -0.05) is 0 Å². The van der Waals surface area contributed by atoms with Crippen LogP contribution in [0, 0.1) is 5.92 Å². The first-order chi connectivity index (χ1) is 11.5. The minimum Gasteiger partial charge on any atom is -0.367 e. The van der Waals surface area contributed by atoms with Gasteiger partial charge in [-0.25, -0.2) is 23.1 Å². The van der Waals surface area contributed by atoms with Crippen LogP contribution in [0.15, 0.2) is 18.6 Å². The molecule has 2 atom stereocenters. The van der Waals surface area contributed by atoms with Crippen molar-refractivity contribution in [3.8, 4) is 0 Å². The summed E-state index contributed by atoms with van der Waals surface area (Å²) < 4.78 is 27.4. The van der Waals surface area contributed by atoms with Crippen molar-refractivity contribution in [2.75, 3.05) is 18.1 Å². The van der Waals surface area contributed by atoms with E-state index in [0.717, 1.165) is 36.1 Å². The fourth-order valence-electron chi connectivity index (χ4n) is 3.56. The van der Waals surface area contributed by atoms with Gasteiger partial charge in [0, 0.05) is 24.8 Å². The van der Waals surface area contributed by atoms with E-state index in [0.29, 0.717) is 24.5 Å². The third-order valence-corrected chi connectivity index (χ3v) is 5.66. The maximum atomic E-state index is 11.3. The molecule has 2 N–H and O–H groups in total. The average Bonchev–Trinajstić information content (AvgIpc) is 3.06. The molecule has 24 heavy (non-hydrogen) atoms. The van der Waals surface area contributed by atoms with Crippen LogP contribution in [-0.4, -0.2) is 41.8 Å². The molecule has 2 heterocycles. The van der Waals surface area contributed by atoms with Crippen molar-refractivity contribution >= 4 is 26.9 Å². The van der Waals surface area contributed by atoms with Gasteiger partial charge < -0.3 is 9.88 Å². The van der Waals surface area contributed by atoms with E-state index in [4.69, 9.17) is 0 Å². The maximum absolute atomic E-state index is 11.3. The summed E-state index contributed by atoms with van der Waals surface area (Å²) in [7, 11) is -3.11. The van der Waals surface area contributed by atoms with Gasteiger partial charge in [0.1, 0.15) is 17.8 Å². The van der Waals surface area contributed by atoms with E-state index in [1.54, 1.807) is 6.33 Å². The number of nitrogens with one attached hydrogen (secondary N) is 2. The van der Waals surface area contributed by atoms with Crippen molar-refractivity contribution in [2.24, 2.45) is 5.92 Å². The summed E-state index contributed by atoms with van der Waals surface area (Å²) in [5, 5.41) is 4.54. The topological polar surface area (TPSA) is 88.9 Å². The Balaban J connectivity index is 1.50. The maximum Gasteiger partial charge on any atom is 0.208 e. The summed E-state index contributed by atoms with van der Waals surface area (Å²) in [5.41, 5.74) is 0.967. The monoisotopic (exact) mass is 349 g/mol. The standard InChI is InChI=1S/C16H23N5O2S/c1-24(22,23)19-9-11-2-5-13(8-11)21-7-6-14-15(20-12-3-4-12)17-10-18-16(14)21/h6-7,10-13,19H,2-5,8-9H2,1H3,(H,17,18,20). The van der Waals surface area contributed by atoms with Gasteiger partial charge in [0.2, 0.25) is 10.0 Å². The van der Waals surface area contributed by atoms with Crippen LogP contribution in [0.25, 0.3) is 11.0 Å². The van der Waals surface area contributed by atoms with Crippen molar-refractivity contribution in [1.29, 1.82) is 0 Å². The zero-order chi connectivity index (χ0) is 16.7. The second-order valence-electron chi connectivity index (χ2n) is 7.05. The Bertz CT molecular complexity index is 843. The number of aromatic nitrogens is 3. The van der Waals surface area contributed by atoms with Gasteiger partial charge in [-0.2, -0.15) is 0 Å². The van der Waals surface area contributed by atoms with Crippen LogP contribution >= 0.6 is 0 Å². The number of anilines is 1. The number of sulfonamides is 1. The molecule has 130 valence electrons. The van der Waals surface area contributed by atoms with Gasteiger partial charge in [-0.15, -0.1) is 0 Å². The molecule has 2 unspecified atom stereocenters. The fraction of sp³-hybridized carbons (Fsp3) is 0.625. The second kappa shape index (κ2) is 6.00. The average molecular weight is 349 g/mol. The largest absolute Gasteiger partial charge is 0.367 e. The van der Waals surface area contributed by atoms with Crippen LogP contribution in [0.4, 0.5) is 5.82 Å². The molecule has 2 aromatic rings. The van der Waals surface area contributed by atoms with Gasteiger partial charge in [-0.05, 0) is 44.1 Å². The van der Waals surface area contributed by atoms with Crippen LogP contribution in [0.3, 0.4) is 0 Å². The van der Waals surface area contributed by atoms with Crippen molar-refractivity contribution in [1.82, 2.24) is 19.3 Å². The van der Waals surface area contributed by atoms with E-state index in [2.05, 4.69) is 36.8 Å². The number of nitrogens with zero attached hydrogens (tertiary/aromatic N) is 3. The Kier molecular flexibility index (Phi) is 3.96. The molecule has 0 spiro atoms. The van der Waals surface area contributed by atoms with E-state index in [-0.39, 0.29) is 0 Å². The van der Waals surface area contributed by atoms with Crippen LogP contribution in [-0.2, 0) is 10.0 Å². The van der Waals surface area contributed by atoms with Crippen LogP contribution in [0.1, 0.15) is 38.1 Å². The van der Waals surface area contributed by atoms with Crippen molar-refractivity contribution < 1.29 is 8.42 Å². The Labute approximate surface area is 141 Å². The third kappa shape index (κ3) is 3.39. The highest BCUT2D eigenvalue weighted by molar-refractivity contribution is 7.88. The molecule has 8 heteroatoms. The Morgan fingerprint density at radius 3 is 2.83 bits per heavy atom. The lowest BCUT2D eigenvalue weighted by Crippen LogP contribution is -2.27. The fourth-order valence-corrected chi connectivity index (χ4v) is 4.10. The van der Waals surface area contributed by atoms with Crippen molar-refractivity contribution in [3.63, 3.8) is 0 Å². The molecule has 7 nitrogen and oxygen atoms in total. The molecule has 0 bridgehead atoms. The minimum atomic E-state index is -3.11. The predicted octanol–water partition coefficient (Wildman–Crippen LogP) is 1.90. The first-order valence-electron chi connectivity index (χ1n) is 8.52. The van der Waals surface area contributed by atoms with Gasteiger partial charge in [0.05, 0.1) is 11.6 Å². The van der Waals surface area contributed by atoms with Crippen LogP contribution < -0.4 is 10.0 Å². The first-order valence-corrected chi connectivity index (χ1v) is 10.4. The number of hydrogen-bond acceptors (Lipinski definition) is 5. The molecule has 0 radical (unpaired) electrons. The Morgan fingerprint density at radius 2 is 2.08 bits per heavy atom. The highest BCUT2D eigenvalue weighted by Crippen LogP contribution is 2.37. The molecule has 2 aromatic heterocycles. The zero-order valence-electron chi connectivity index (χ0n) is 13.8. The molecular weight excluding hydrogens is 326 g/mol. The van der Waals surface area contributed by atoms with Crippen molar-refractivity contribution in [2.45, 2.75) is 44.2 Å². The zero-order valence-corrected chi connectivity index (χ0v) is 14.6. The van der Waals surface area contributed by atoms with E-state index < -0.39 is 10.0 Å². The molecule has 2 aliphatic carbocycles. The molecule has 0 amide bonds. The van der Waals surface area contributed by atoms with Gasteiger partial charge >= 0.3 is 0 Å². The van der Waals surface area contributed by atoms with E-state index in [1.807, 2.05) is 0 Å². The SMILES string of the molecule is CS(=O)(=O)NCC1CCC(n2ccc3c(NC4CC4)ncnc32)C1. The molecule has 4 rings (SSSR count). The lowest BCUT2D eigenvalue weighted by molar-refractivity contribution is 0.477. The van der Waals surface area contributed by atoms with Gasteiger partial charge in [0.25, 0.3) is 0 Å². The summed E-state index contributed by atoms with van der Waals surface area (Å²) in [6, 6.07) is 3.02. The van der Waals surface area contributed by atoms with Gasteiger partial charge in [0.15, 0.2) is 0 Å². The molecule has 2 saturated carbocycles. The number of fused-ring (bicyclic) bond motifs is 1. The number of rotatable bonds is 6. The summed E-state index contributed by atoms with van der Waals surface area (Å²) >= 11 is 0. The van der Waals surface area contributed by atoms with E-state index in [1.165, 1.54) is 19.1 Å². The molecule has 2 aliphatic rings. The Hall–Kier alpha value is -1.67. The molecule has 0 aromatic carbocycles. The normalized spacial score (nSPS) is 24.5. The molecular formula is C16H23N5O2S. The predicted molar refractivity (Wildman–Crippen MR) is 93.4 cm³/mol. The van der Waals surface area contributed by atoms with Crippen LogP contribution in [0.5, 0.6) is 0 Å². The first kappa shape index (κ1) is 15.8. The van der Waals surface area contributed by atoms with Crippen LogP contribution in [0.2, 0.25) is 0 Å². The summed E-state index contributed by atoms with van der Waals surface area (Å²) in [5.74, 6) is 1.31. The Morgan fingerprint density at radius 1 is 1.25 bits per heavy atom.